The summed E-state index contributed by atoms with van der Waals surface area (Å²) in [6, 6.07) is 11.1. The highest BCUT2D eigenvalue weighted by Crippen LogP contribution is 2.31. The minimum Gasteiger partial charge on any atom is -0.444 e. The number of carbonyl (C=O) groups excluding carboxylic acids is 1. The molecule has 1 saturated heterocycles. The second kappa shape index (κ2) is 9.16. The largest absolute Gasteiger partial charge is 0.444 e. The van der Waals surface area contributed by atoms with E-state index in [1.165, 1.54) is 0 Å². The molecule has 1 fully saturated rings. The lowest BCUT2D eigenvalue weighted by Gasteiger charge is -2.34. The predicted molar refractivity (Wildman–Crippen MR) is 123 cm³/mol. The van der Waals surface area contributed by atoms with Crippen molar-refractivity contribution in [3.8, 4) is 22.8 Å². The molecule has 0 aliphatic carbocycles. The first-order valence-corrected chi connectivity index (χ1v) is 11.0. The van der Waals surface area contributed by atoms with Gasteiger partial charge in [-0.15, -0.1) is 0 Å². The Balaban J connectivity index is 1.46. The van der Waals surface area contributed by atoms with Gasteiger partial charge in [-0.2, -0.15) is 4.98 Å². The average Bonchev–Trinajstić information content (AvgIpc) is 3.23. The van der Waals surface area contributed by atoms with Crippen LogP contribution in [-0.4, -0.2) is 46.0 Å². The Kier molecular flexibility index (Phi) is 6.32. The first-order valence-electron chi connectivity index (χ1n) is 10.6. The molecule has 168 valence electrons. The third-order valence-electron chi connectivity index (χ3n) is 5.04. The zero-order chi connectivity index (χ0) is 22.7. The van der Waals surface area contributed by atoms with E-state index in [-0.39, 0.29) is 12.1 Å². The van der Waals surface area contributed by atoms with Gasteiger partial charge in [0.25, 0.3) is 5.89 Å². The van der Waals surface area contributed by atoms with Gasteiger partial charge < -0.3 is 19.5 Å². The molecule has 3 aromatic rings. The summed E-state index contributed by atoms with van der Waals surface area (Å²) in [6.07, 6.45) is 2.94. The highest BCUT2D eigenvalue weighted by molar-refractivity contribution is 6.30. The lowest BCUT2D eigenvalue weighted by Crippen LogP contribution is -2.46. The number of nitrogens with one attached hydrogen (secondary N) is 1. The number of anilines is 1. The van der Waals surface area contributed by atoms with Crippen LogP contribution in [0.2, 0.25) is 5.02 Å². The fourth-order valence-corrected chi connectivity index (χ4v) is 3.79. The molecular weight excluding hydrogens is 430 g/mol. The van der Waals surface area contributed by atoms with Gasteiger partial charge in [0.1, 0.15) is 11.4 Å². The van der Waals surface area contributed by atoms with Crippen molar-refractivity contribution < 1.29 is 14.1 Å². The fourth-order valence-electron chi connectivity index (χ4n) is 3.60. The van der Waals surface area contributed by atoms with Crippen LogP contribution in [0.4, 0.5) is 10.6 Å². The second-order valence-electron chi connectivity index (χ2n) is 8.72. The van der Waals surface area contributed by atoms with Crippen molar-refractivity contribution in [2.45, 2.75) is 45.3 Å². The van der Waals surface area contributed by atoms with E-state index >= 15 is 0 Å². The number of nitrogens with zero attached hydrogens (tertiary/aromatic N) is 4. The van der Waals surface area contributed by atoms with Gasteiger partial charge in [0.2, 0.25) is 5.82 Å². The van der Waals surface area contributed by atoms with Crippen molar-refractivity contribution in [2.24, 2.45) is 0 Å². The molecule has 9 heteroatoms. The number of ether oxygens (including phenoxy) is 1. The normalized spacial score (nSPS) is 14.9. The monoisotopic (exact) mass is 455 g/mol. The molecule has 1 N–H and O–H groups in total. The number of halogens is 1. The number of hydrogen-bond donors (Lipinski definition) is 1. The number of alkyl carbamates (subject to hydrolysis) is 1. The predicted octanol–water partition coefficient (Wildman–Crippen LogP) is 4.95. The molecule has 1 aliphatic heterocycles. The van der Waals surface area contributed by atoms with E-state index in [4.69, 9.17) is 20.9 Å². The Bertz CT molecular complexity index is 1090. The van der Waals surface area contributed by atoms with E-state index in [0.717, 1.165) is 42.9 Å². The summed E-state index contributed by atoms with van der Waals surface area (Å²) in [5, 5.41) is 7.68. The molecule has 1 amide bonds. The third-order valence-corrected chi connectivity index (χ3v) is 5.28. The summed E-state index contributed by atoms with van der Waals surface area (Å²) in [5.41, 5.74) is 1.04. The van der Waals surface area contributed by atoms with Crippen LogP contribution in [0.1, 0.15) is 33.6 Å². The highest BCUT2D eigenvalue weighted by atomic mass is 35.5. The van der Waals surface area contributed by atoms with Gasteiger partial charge in [-0.3, -0.25) is 0 Å². The number of carbonyl (C=O) groups is 1. The van der Waals surface area contributed by atoms with E-state index in [2.05, 4.69) is 25.3 Å². The minimum atomic E-state index is -0.512. The van der Waals surface area contributed by atoms with Crippen LogP contribution in [0.3, 0.4) is 0 Å². The molecule has 0 atom stereocenters. The number of amides is 1. The first-order chi connectivity index (χ1) is 15.3. The van der Waals surface area contributed by atoms with Crippen molar-refractivity contribution in [2.75, 3.05) is 18.0 Å². The van der Waals surface area contributed by atoms with E-state index in [9.17, 15) is 4.79 Å². The topological polar surface area (TPSA) is 93.4 Å². The lowest BCUT2D eigenvalue weighted by molar-refractivity contribution is 0.0497. The Hall–Kier alpha value is -3.13. The van der Waals surface area contributed by atoms with Crippen LogP contribution in [-0.2, 0) is 4.74 Å². The van der Waals surface area contributed by atoms with Crippen LogP contribution in [0.15, 0.2) is 47.1 Å². The van der Waals surface area contributed by atoms with Gasteiger partial charge in [0, 0.05) is 35.9 Å². The van der Waals surface area contributed by atoms with Gasteiger partial charge in [0.15, 0.2) is 0 Å². The highest BCUT2D eigenvalue weighted by Gasteiger charge is 2.26. The number of pyridine rings is 1. The molecule has 32 heavy (non-hydrogen) atoms. The molecular formula is C23H26ClN5O3. The van der Waals surface area contributed by atoms with Crippen molar-refractivity contribution >= 4 is 23.5 Å². The smallest absolute Gasteiger partial charge is 0.407 e. The van der Waals surface area contributed by atoms with Gasteiger partial charge in [-0.25, -0.2) is 9.78 Å². The van der Waals surface area contributed by atoms with Crippen LogP contribution in [0.25, 0.3) is 22.8 Å². The van der Waals surface area contributed by atoms with E-state index in [0.29, 0.717) is 16.7 Å². The molecule has 0 unspecified atom stereocenters. The van der Waals surface area contributed by atoms with E-state index in [1.807, 2.05) is 45.0 Å². The summed E-state index contributed by atoms with van der Waals surface area (Å²) in [4.78, 5) is 23.4. The number of rotatable bonds is 4. The quantitative estimate of drug-likeness (QED) is 0.595. The number of piperidine rings is 1. The maximum Gasteiger partial charge on any atom is 0.407 e. The fraction of sp³-hybridized carbons (Fsp3) is 0.391. The molecule has 1 aliphatic rings. The van der Waals surface area contributed by atoms with Crippen molar-refractivity contribution in [3.05, 3.63) is 47.6 Å². The maximum absolute atomic E-state index is 12.1. The third kappa shape index (κ3) is 5.37. The van der Waals surface area contributed by atoms with Gasteiger partial charge >= 0.3 is 6.09 Å². The first kappa shape index (κ1) is 22.1. The van der Waals surface area contributed by atoms with E-state index in [1.54, 1.807) is 18.3 Å². The van der Waals surface area contributed by atoms with E-state index < -0.39 is 5.60 Å². The summed E-state index contributed by atoms with van der Waals surface area (Å²) in [6.45, 7) is 7.03. The Labute approximate surface area is 191 Å². The SMILES string of the molecule is CC(C)(C)OC(=O)NC1CCN(c2ncccc2-c2nc(-c3cccc(Cl)c3)no2)CC1. The maximum atomic E-state index is 12.1. The Morgan fingerprint density at radius 2 is 2.00 bits per heavy atom. The van der Waals surface area contributed by atoms with Gasteiger partial charge in [0.05, 0.1) is 5.56 Å². The zero-order valence-corrected chi connectivity index (χ0v) is 19.1. The molecule has 0 spiro atoms. The van der Waals surface area contributed by atoms with Gasteiger partial charge in [-0.1, -0.05) is 28.9 Å². The molecule has 0 saturated carbocycles. The molecule has 3 heterocycles. The summed E-state index contributed by atoms with van der Waals surface area (Å²) < 4.78 is 10.9. The molecule has 1 aromatic carbocycles. The molecule has 0 bridgehead atoms. The van der Waals surface area contributed by atoms with Crippen LogP contribution in [0, 0.1) is 0 Å². The Morgan fingerprint density at radius 3 is 2.72 bits per heavy atom. The molecule has 4 rings (SSSR count). The molecule has 0 radical (unpaired) electrons. The van der Waals surface area contributed by atoms with Crippen LogP contribution < -0.4 is 10.2 Å². The zero-order valence-electron chi connectivity index (χ0n) is 18.3. The van der Waals surface area contributed by atoms with Crippen molar-refractivity contribution in [1.82, 2.24) is 20.4 Å². The average molecular weight is 456 g/mol. The number of aromatic nitrogens is 3. The van der Waals surface area contributed by atoms with Crippen LogP contribution >= 0.6 is 11.6 Å². The number of benzene rings is 1. The molecule has 2 aromatic heterocycles. The summed E-state index contributed by atoms with van der Waals surface area (Å²) >= 11 is 6.08. The van der Waals surface area contributed by atoms with Crippen molar-refractivity contribution in [3.63, 3.8) is 0 Å². The lowest BCUT2D eigenvalue weighted by atomic mass is 10.0. The summed E-state index contributed by atoms with van der Waals surface area (Å²) in [7, 11) is 0. The second-order valence-corrected chi connectivity index (χ2v) is 9.15. The van der Waals surface area contributed by atoms with Crippen LogP contribution in [0.5, 0.6) is 0 Å². The van der Waals surface area contributed by atoms with Crippen molar-refractivity contribution in [1.29, 1.82) is 0 Å². The summed E-state index contributed by atoms with van der Waals surface area (Å²) in [5.74, 6) is 1.65. The number of hydrogen-bond acceptors (Lipinski definition) is 7. The van der Waals surface area contributed by atoms with Gasteiger partial charge in [-0.05, 0) is 57.9 Å². The molecule has 8 nitrogen and oxygen atoms in total. The Morgan fingerprint density at radius 1 is 1.22 bits per heavy atom. The standard InChI is InChI=1S/C23H26ClN5O3/c1-23(2,3)31-22(30)26-17-9-12-29(13-10-17)20-18(8-5-11-25-20)21-27-19(28-32-21)15-6-4-7-16(24)14-15/h4-8,11,14,17H,9-10,12-13H2,1-3H3,(H,26,30). The minimum absolute atomic E-state index is 0.0612.